The van der Waals surface area contributed by atoms with E-state index in [-0.39, 0.29) is 0 Å². The molecule has 0 fully saturated rings. The van der Waals surface area contributed by atoms with Crippen molar-refractivity contribution < 1.29 is 5.11 Å². The lowest BCUT2D eigenvalue weighted by Gasteiger charge is -2.16. The maximum absolute atomic E-state index is 9.64. The van der Waals surface area contributed by atoms with Crippen LogP contribution in [0.4, 0.5) is 0 Å². The van der Waals surface area contributed by atoms with Gasteiger partial charge in [0, 0.05) is 18.6 Å². The molecule has 0 radical (unpaired) electrons. The zero-order valence-electron chi connectivity index (χ0n) is 8.96. The second-order valence-corrected chi connectivity index (χ2v) is 4.30. The first kappa shape index (κ1) is 9.98. The number of rotatable bonds is 3. The first-order chi connectivity index (χ1) is 7.04. The normalized spacial score (nSPS) is 11.9. The van der Waals surface area contributed by atoms with Crippen molar-refractivity contribution in [3.63, 3.8) is 0 Å². The average Bonchev–Trinajstić information content (AvgIpc) is 2.68. The zero-order chi connectivity index (χ0) is 10.9. The smallest absolute Gasteiger partial charge is 0.0833 e. The molecule has 0 saturated carbocycles. The summed E-state index contributed by atoms with van der Waals surface area (Å²) in [5.74, 6) is 0. The van der Waals surface area contributed by atoms with Gasteiger partial charge in [-0.05, 0) is 26.0 Å². The highest BCUT2D eigenvalue weighted by atomic mass is 16.3. The van der Waals surface area contributed by atoms with Crippen LogP contribution in [0.15, 0.2) is 36.9 Å². The summed E-state index contributed by atoms with van der Waals surface area (Å²) >= 11 is 0. The number of aromatic nitrogens is 3. The molecule has 0 unspecified atom stereocenters. The SMILES string of the molecule is CC(C)(O)Cn1cc(-n2cccc2)cn1. The van der Waals surface area contributed by atoms with E-state index in [1.165, 1.54) is 0 Å². The van der Waals surface area contributed by atoms with Crippen molar-refractivity contribution in [2.24, 2.45) is 0 Å². The Morgan fingerprint density at radius 1 is 1.33 bits per heavy atom. The van der Waals surface area contributed by atoms with Crippen molar-refractivity contribution in [3.8, 4) is 5.69 Å². The van der Waals surface area contributed by atoms with Crippen LogP contribution in [0.25, 0.3) is 5.69 Å². The van der Waals surface area contributed by atoms with Crippen molar-refractivity contribution >= 4 is 0 Å². The van der Waals surface area contributed by atoms with Crippen LogP contribution in [0.5, 0.6) is 0 Å². The van der Waals surface area contributed by atoms with Crippen molar-refractivity contribution in [1.82, 2.24) is 14.3 Å². The molecule has 0 atom stereocenters. The average molecular weight is 205 g/mol. The van der Waals surface area contributed by atoms with E-state index in [2.05, 4.69) is 5.10 Å². The Balaban J connectivity index is 2.18. The minimum atomic E-state index is -0.736. The third-order valence-electron chi connectivity index (χ3n) is 2.07. The maximum atomic E-state index is 9.64. The van der Waals surface area contributed by atoms with Gasteiger partial charge in [-0.25, -0.2) is 0 Å². The quantitative estimate of drug-likeness (QED) is 0.824. The lowest BCUT2D eigenvalue weighted by molar-refractivity contribution is 0.0577. The highest BCUT2D eigenvalue weighted by Crippen LogP contribution is 2.09. The fraction of sp³-hybridized carbons (Fsp3) is 0.364. The molecule has 2 rings (SSSR count). The third kappa shape index (κ3) is 2.47. The number of nitrogens with zero attached hydrogens (tertiary/aromatic N) is 3. The molecule has 0 saturated heterocycles. The van der Waals surface area contributed by atoms with Gasteiger partial charge < -0.3 is 9.67 Å². The van der Waals surface area contributed by atoms with Crippen molar-refractivity contribution in [3.05, 3.63) is 36.9 Å². The molecule has 0 aromatic carbocycles. The molecule has 0 aliphatic rings. The molecule has 0 bridgehead atoms. The maximum Gasteiger partial charge on any atom is 0.0833 e. The van der Waals surface area contributed by atoms with Gasteiger partial charge in [-0.2, -0.15) is 5.10 Å². The van der Waals surface area contributed by atoms with Gasteiger partial charge in [0.1, 0.15) is 0 Å². The minimum absolute atomic E-state index is 0.494. The van der Waals surface area contributed by atoms with Crippen LogP contribution >= 0.6 is 0 Å². The zero-order valence-corrected chi connectivity index (χ0v) is 8.96. The Kier molecular flexibility index (Phi) is 2.36. The molecule has 4 nitrogen and oxygen atoms in total. The van der Waals surface area contributed by atoms with Gasteiger partial charge in [-0.15, -0.1) is 0 Å². The topological polar surface area (TPSA) is 43.0 Å². The molecule has 15 heavy (non-hydrogen) atoms. The van der Waals surface area contributed by atoms with Crippen LogP contribution in [0.3, 0.4) is 0 Å². The Morgan fingerprint density at radius 2 is 2.00 bits per heavy atom. The van der Waals surface area contributed by atoms with Gasteiger partial charge in [0.05, 0.1) is 24.0 Å². The van der Waals surface area contributed by atoms with Crippen LogP contribution in [0.1, 0.15) is 13.8 Å². The first-order valence-electron chi connectivity index (χ1n) is 4.93. The molecule has 2 aromatic rings. The van der Waals surface area contributed by atoms with E-state index in [4.69, 9.17) is 0 Å². The van der Waals surface area contributed by atoms with E-state index in [0.29, 0.717) is 6.54 Å². The minimum Gasteiger partial charge on any atom is -0.389 e. The van der Waals surface area contributed by atoms with E-state index < -0.39 is 5.60 Å². The van der Waals surface area contributed by atoms with Gasteiger partial charge in [0.25, 0.3) is 0 Å². The molecule has 0 aliphatic carbocycles. The second-order valence-electron chi connectivity index (χ2n) is 4.30. The summed E-state index contributed by atoms with van der Waals surface area (Å²) in [6.07, 6.45) is 7.63. The fourth-order valence-corrected chi connectivity index (χ4v) is 1.48. The summed E-state index contributed by atoms with van der Waals surface area (Å²) in [5, 5.41) is 13.8. The molecule has 0 aliphatic heterocycles. The predicted molar refractivity (Wildman–Crippen MR) is 57.9 cm³/mol. The van der Waals surface area contributed by atoms with E-state index in [1.54, 1.807) is 24.7 Å². The van der Waals surface area contributed by atoms with Crippen LogP contribution in [-0.4, -0.2) is 25.1 Å². The Bertz CT molecular complexity index is 423. The van der Waals surface area contributed by atoms with Gasteiger partial charge in [-0.3, -0.25) is 4.68 Å². The molecule has 0 spiro atoms. The number of hydrogen-bond donors (Lipinski definition) is 1. The van der Waals surface area contributed by atoms with Crippen molar-refractivity contribution in [1.29, 1.82) is 0 Å². The fourth-order valence-electron chi connectivity index (χ4n) is 1.48. The predicted octanol–water partition coefficient (Wildman–Crippen LogP) is 1.44. The Hall–Kier alpha value is -1.55. The summed E-state index contributed by atoms with van der Waals surface area (Å²) in [4.78, 5) is 0. The standard InChI is InChI=1S/C11H15N3O/c1-11(2,15)9-14-8-10(7-12-14)13-5-3-4-6-13/h3-8,15H,9H2,1-2H3. The molecular weight excluding hydrogens is 190 g/mol. The van der Waals surface area contributed by atoms with Gasteiger partial charge in [0.2, 0.25) is 0 Å². The molecule has 4 heteroatoms. The molecule has 2 heterocycles. The Morgan fingerprint density at radius 3 is 2.60 bits per heavy atom. The van der Waals surface area contributed by atoms with Crippen molar-refractivity contribution in [2.45, 2.75) is 26.0 Å². The van der Waals surface area contributed by atoms with Crippen LogP contribution in [0.2, 0.25) is 0 Å². The van der Waals surface area contributed by atoms with E-state index in [9.17, 15) is 5.11 Å². The summed E-state index contributed by atoms with van der Waals surface area (Å²) in [7, 11) is 0. The summed E-state index contributed by atoms with van der Waals surface area (Å²) in [5.41, 5.74) is 0.268. The summed E-state index contributed by atoms with van der Waals surface area (Å²) in [6.45, 7) is 4.03. The van der Waals surface area contributed by atoms with Gasteiger partial charge in [-0.1, -0.05) is 0 Å². The van der Waals surface area contributed by atoms with Gasteiger partial charge >= 0.3 is 0 Å². The number of aliphatic hydroxyl groups is 1. The second kappa shape index (κ2) is 3.55. The van der Waals surface area contributed by atoms with E-state index >= 15 is 0 Å². The third-order valence-corrected chi connectivity index (χ3v) is 2.07. The van der Waals surface area contributed by atoms with Crippen molar-refractivity contribution in [2.75, 3.05) is 0 Å². The lowest BCUT2D eigenvalue weighted by Crippen LogP contribution is -2.26. The van der Waals surface area contributed by atoms with E-state index in [0.717, 1.165) is 5.69 Å². The summed E-state index contributed by atoms with van der Waals surface area (Å²) in [6, 6.07) is 3.93. The van der Waals surface area contributed by atoms with Crippen LogP contribution in [0, 0.1) is 0 Å². The summed E-state index contributed by atoms with van der Waals surface area (Å²) < 4.78 is 3.73. The molecule has 2 aromatic heterocycles. The van der Waals surface area contributed by atoms with Crippen LogP contribution in [-0.2, 0) is 6.54 Å². The molecule has 0 amide bonds. The Labute approximate surface area is 88.8 Å². The van der Waals surface area contributed by atoms with Crippen LogP contribution < -0.4 is 0 Å². The largest absolute Gasteiger partial charge is 0.389 e. The highest BCUT2D eigenvalue weighted by Gasteiger charge is 2.14. The molecule has 1 N–H and O–H groups in total. The van der Waals surface area contributed by atoms with E-state index in [1.807, 2.05) is 35.3 Å². The molecule has 80 valence electrons. The highest BCUT2D eigenvalue weighted by molar-refractivity contribution is 5.26. The number of hydrogen-bond acceptors (Lipinski definition) is 2. The lowest BCUT2D eigenvalue weighted by atomic mass is 10.1. The molecular formula is C11H15N3O. The van der Waals surface area contributed by atoms with Gasteiger partial charge in [0.15, 0.2) is 0 Å². The first-order valence-corrected chi connectivity index (χ1v) is 4.93. The monoisotopic (exact) mass is 205 g/mol.